The molecule has 0 spiro atoms. The fourth-order valence-electron chi connectivity index (χ4n) is 4.22. The summed E-state index contributed by atoms with van der Waals surface area (Å²) in [6.45, 7) is 3.55. The molecule has 0 aromatic heterocycles. The van der Waals surface area contributed by atoms with Gasteiger partial charge in [-0.3, -0.25) is 4.99 Å². The number of anilines is 1. The third-order valence-corrected chi connectivity index (χ3v) is 5.78. The Balaban J connectivity index is 0.00000256. The lowest BCUT2D eigenvalue weighted by atomic mass is 9.93. The highest BCUT2D eigenvalue weighted by molar-refractivity contribution is 14.0. The molecular weight excluding hydrogens is 491 g/mol. The molecule has 2 atom stereocenters. The van der Waals surface area contributed by atoms with Crippen molar-refractivity contribution in [1.29, 1.82) is 0 Å². The summed E-state index contributed by atoms with van der Waals surface area (Å²) in [5.41, 5.74) is 2.44. The van der Waals surface area contributed by atoms with Crippen LogP contribution in [-0.2, 0) is 0 Å². The largest absolute Gasteiger partial charge is 0.495 e. The van der Waals surface area contributed by atoms with Crippen molar-refractivity contribution in [2.75, 3.05) is 45.3 Å². The predicted octanol–water partition coefficient (Wildman–Crippen LogP) is 3.62. The zero-order valence-electron chi connectivity index (χ0n) is 17.6. The number of rotatable bonds is 5. The molecule has 2 aromatic carbocycles. The number of hydrogen-bond acceptors (Lipinski definition) is 4. The van der Waals surface area contributed by atoms with Crippen molar-refractivity contribution < 1.29 is 9.47 Å². The van der Waals surface area contributed by atoms with Crippen molar-refractivity contribution in [3.05, 3.63) is 54.1 Å². The van der Waals surface area contributed by atoms with Crippen LogP contribution in [0.15, 0.2) is 53.5 Å². The van der Waals surface area contributed by atoms with E-state index in [1.165, 1.54) is 5.56 Å². The minimum absolute atomic E-state index is 0. The first kappa shape index (κ1) is 22.5. The van der Waals surface area contributed by atoms with Gasteiger partial charge < -0.3 is 25.0 Å². The Morgan fingerprint density at radius 3 is 2.80 bits per heavy atom. The molecule has 4 rings (SSSR count). The number of nitrogens with zero attached hydrogens (tertiary/aromatic N) is 2. The molecule has 0 radical (unpaired) electrons. The molecular formula is C23H31IN4O2. The lowest BCUT2D eigenvalue weighted by Gasteiger charge is -2.27. The molecule has 6 nitrogen and oxygen atoms in total. The molecule has 2 heterocycles. The van der Waals surface area contributed by atoms with Gasteiger partial charge >= 0.3 is 0 Å². The van der Waals surface area contributed by atoms with E-state index in [4.69, 9.17) is 9.47 Å². The number of fused-ring (bicyclic) bond motifs is 1. The maximum absolute atomic E-state index is 5.78. The second-order valence-corrected chi connectivity index (χ2v) is 7.57. The number of guanidine groups is 1. The third kappa shape index (κ3) is 5.11. The van der Waals surface area contributed by atoms with Gasteiger partial charge in [0.1, 0.15) is 11.5 Å². The zero-order valence-corrected chi connectivity index (χ0v) is 20.0. The van der Waals surface area contributed by atoms with Gasteiger partial charge in [0.15, 0.2) is 5.96 Å². The van der Waals surface area contributed by atoms with E-state index >= 15 is 0 Å². The number of hydrogen-bond donors (Lipinski definition) is 2. The quantitative estimate of drug-likeness (QED) is 0.357. The van der Waals surface area contributed by atoms with Crippen molar-refractivity contribution in [2.24, 2.45) is 4.99 Å². The molecule has 2 aliphatic rings. The average molecular weight is 522 g/mol. The number of benzene rings is 2. The van der Waals surface area contributed by atoms with Gasteiger partial charge in [-0.1, -0.05) is 30.3 Å². The fraction of sp³-hybridized carbons (Fsp3) is 0.435. The van der Waals surface area contributed by atoms with Crippen molar-refractivity contribution in [2.45, 2.75) is 24.8 Å². The molecule has 2 unspecified atom stereocenters. The fourth-order valence-corrected chi connectivity index (χ4v) is 4.22. The molecule has 2 N–H and O–H groups in total. The van der Waals surface area contributed by atoms with Gasteiger partial charge in [0.05, 0.1) is 19.4 Å². The van der Waals surface area contributed by atoms with Crippen LogP contribution in [-0.4, -0.2) is 52.4 Å². The molecule has 7 heteroatoms. The second kappa shape index (κ2) is 10.7. The van der Waals surface area contributed by atoms with E-state index in [-0.39, 0.29) is 24.0 Å². The van der Waals surface area contributed by atoms with Gasteiger partial charge in [-0.2, -0.15) is 0 Å². The minimum Gasteiger partial charge on any atom is -0.495 e. The Morgan fingerprint density at radius 2 is 1.97 bits per heavy atom. The van der Waals surface area contributed by atoms with Crippen LogP contribution in [0.4, 0.5) is 5.69 Å². The highest BCUT2D eigenvalue weighted by atomic mass is 127. The molecule has 1 saturated heterocycles. The topological polar surface area (TPSA) is 58.1 Å². The number of halogens is 1. The summed E-state index contributed by atoms with van der Waals surface area (Å²) in [4.78, 5) is 6.82. The van der Waals surface area contributed by atoms with E-state index in [1.807, 2.05) is 25.2 Å². The van der Waals surface area contributed by atoms with Crippen molar-refractivity contribution in [3.8, 4) is 11.5 Å². The molecule has 1 fully saturated rings. The van der Waals surface area contributed by atoms with Crippen LogP contribution < -0.4 is 25.0 Å². The standard InChI is InChI=1S/C23H30N4O2.HI/c1-24-23(25-15-17-12-14-29-21-9-5-3-7-19(17)21)26-18-11-13-27(16-18)20-8-4-6-10-22(20)28-2;/h3-10,17-18H,11-16H2,1-2H3,(H2,24,25,26);1H. The van der Waals surface area contributed by atoms with Gasteiger partial charge in [-0.25, -0.2) is 0 Å². The van der Waals surface area contributed by atoms with Crippen LogP contribution in [0, 0.1) is 0 Å². The van der Waals surface area contributed by atoms with Gasteiger partial charge in [-0.15, -0.1) is 24.0 Å². The van der Waals surface area contributed by atoms with E-state index in [0.717, 1.165) is 62.2 Å². The molecule has 0 bridgehead atoms. The predicted molar refractivity (Wildman–Crippen MR) is 133 cm³/mol. The Morgan fingerprint density at radius 1 is 1.17 bits per heavy atom. The molecule has 30 heavy (non-hydrogen) atoms. The van der Waals surface area contributed by atoms with Crippen molar-refractivity contribution in [1.82, 2.24) is 10.6 Å². The van der Waals surface area contributed by atoms with Crippen LogP contribution >= 0.6 is 24.0 Å². The van der Waals surface area contributed by atoms with E-state index in [0.29, 0.717) is 12.0 Å². The first-order valence-corrected chi connectivity index (χ1v) is 10.4. The number of ether oxygens (including phenoxy) is 2. The molecule has 0 saturated carbocycles. The molecule has 2 aliphatic heterocycles. The number of aliphatic imine (C=N–C) groups is 1. The highest BCUT2D eigenvalue weighted by Gasteiger charge is 2.26. The molecule has 2 aromatic rings. The van der Waals surface area contributed by atoms with E-state index in [9.17, 15) is 0 Å². The van der Waals surface area contributed by atoms with Crippen LogP contribution in [0.25, 0.3) is 0 Å². The first-order valence-electron chi connectivity index (χ1n) is 10.4. The number of para-hydroxylation sites is 3. The maximum Gasteiger partial charge on any atom is 0.191 e. The van der Waals surface area contributed by atoms with Crippen LogP contribution in [0.3, 0.4) is 0 Å². The molecule has 162 valence electrons. The Bertz CT molecular complexity index is 861. The zero-order chi connectivity index (χ0) is 20.1. The smallest absolute Gasteiger partial charge is 0.191 e. The summed E-state index contributed by atoms with van der Waals surface area (Å²) in [5, 5.41) is 7.12. The van der Waals surface area contributed by atoms with Gasteiger partial charge in [-0.05, 0) is 36.6 Å². The lowest BCUT2D eigenvalue weighted by Crippen LogP contribution is -2.46. The monoisotopic (exact) mass is 522 g/mol. The van der Waals surface area contributed by atoms with Crippen LogP contribution in [0.1, 0.15) is 24.3 Å². The van der Waals surface area contributed by atoms with E-state index in [1.54, 1.807) is 7.11 Å². The summed E-state index contributed by atoms with van der Waals surface area (Å²) in [6, 6.07) is 16.9. The van der Waals surface area contributed by atoms with Crippen molar-refractivity contribution >= 4 is 35.6 Å². The number of methoxy groups -OCH3 is 1. The van der Waals surface area contributed by atoms with Gasteiger partial charge in [0.25, 0.3) is 0 Å². The summed E-state index contributed by atoms with van der Waals surface area (Å²) < 4.78 is 11.3. The van der Waals surface area contributed by atoms with Crippen LogP contribution in [0.5, 0.6) is 11.5 Å². The Labute approximate surface area is 196 Å². The summed E-state index contributed by atoms with van der Waals surface area (Å²) in [7, 11) is 3.56. The van der Waals surface area contributed by atoms with Crippen molar-refractivity contribution in [3.63, 3.8) is 0 Å². The maximum atomic E-state index is 5.78. The lowest BCUT2D eigenvalue weighted by molar-refractivity contribution is 0.267. The normalized spacial score (nSPS) is 20.6. The first-order chi connectivity index (χ1) is 14.3. The second-order valence-electron chi connectivity index (χ2n) is 7.57. The highest BCUT2D eigenvalue weighted by Crippen LogP contribution is 2.33. The molecule has 0 aliphatic carbocycles. The van der Waals surface area contributed by atoms with Gasteiger partial charge in [0.2, 0.25) is 0 Å². The minimum atomic E-state index is 0. The van der Waals surface area contributed by atoms with Gasteiger partial charge in [0, 0.05) is 38.6 Å². The summed E-state index contributed by atoms with van der Waals surface area (Å²) in [5.74, 6) is 3.23. The summed E-state index contributed by atoms with van der Waals surface area (Å²) >= 11 is 0. The third-order valence-electron chi connectivity index (χ3n) is 5.78. The summed E-state index contributed by atoms with van der Waals surface area (Å²) in [6.07, 6.45) is 2.09. The average Bonchev–Trinajstić information content (AvgIpc) is 3.25. The SMILES string of the molecule is CN=C(NCC1CCOc2ccccc21)NC1CCN(c2ccccc2OC)C1.I. The van der Waals surface area contributed by atoms with E-state index in [2.05, 4.69) is 50.9 Å². The van der Waals surface area contributed by atoms with E-state index < -0.39 is 0 Å². The Hall–Kier alpha value is -2.16. The Kier molecular flexibility index (Phi) is 8.07. The van der Waals surface area contributed by atoms with Crippen LogP contribution in [0.2, 0.25) is 0 Å². The number of nitrogens with one attached hydrogen (secondary N) is 2. The molecule has 0 amide bonds.